The lowest BCUT2D eigenvalue weighted by Crippen LogP contribution is -2.27. The number of hydrogen-bond donors (Lipinski definition) is 2. The first kappa shape index (κ1) is 19.4. The van der Waals surface area contributed by atoms with Crippen LogP contribution in [0.5, 0.6) is 11.5 Å². The van der Waals surface area contributed by atoms with E-state index in [1.54, 1.807) is 40.1 Å². The van der Waals surface area contributed by atoms with Gasteiger partial charge in [0.1, 0.15) is 29.5 Å². The van der Waals surface area contributed by atoms with Crippen molar-refractivity contribution in [3.8, 4) is 11.5 Å². The summed E-state index contributed by atoms with van der Waals surface area (Å²) in [5.74, 6) is 2.00. The summed E-state index contributed by atoms with van der Waals surface area (Å²) < 4.78 is 15.9. The number of benzene rings is 1. The average Bonchev–Trinajstić information content (AvgIpc) is 2.59. The highest BCUT2D eigenvalue weighted by Crippen LogP contribution is 2.17. The minimum Gasteiger partial charge on any atom is -0.497 e. The van der Waals surface area contributed by atoms with Crippen molar-refractivity contribution in [2.75, 3.05) is 30.9 Å². The Morgan fingerprint density at radius 1 is 1.08 bits per heavy atom. The maximum absolute atomic E-state index is 11.7. The third-order valence-corrected chi connectivity index (χ3v) is 3.15. The fourth-order valence-electron chi connectivity index (χ4n) is 2.02. The number of nitrogens with zero attached hydrogens (tertiary/aromatic N) is 1. The van der Waals surface area contributed by atoms with E-state index in [4.69, 9.17) is 14.2 Å². The van der Waals surface area contributed by atoms with Crippen LogP contribution in [-0.4, -0.2) is 36.9 Å². The van der Waals surface area contributed by atoms with Gasteiger partial charge in [-0.2, -0.15) is 0 Å². The van der Waals surface area contributed by atoms with Crippen LogP contribution in [0.25, 0.3) is 0 Å². The molecule has 0 unspecified atom stereocenters. The third-order valence-electron chi connectivity index (χ3n) is 3.15. The molecule has 1 amide bonds. The fraction of sp³-hybridized carbons (Fsp3) is 0.368. The normalized spacial score (nSPS) is 10.8. The molecule has 0 aliphatic heterocycles. The Kier molecular flexibility index (Phi) is 6.66. The van der Waals surface area contributed by atoms with Crippen LogP contribution in [0.15, 0.2) is 42.6 Å². The molecule has 0 aliphatic carbocycles. The van der Waals surface area contributed by atoms with E-state index in [2.05, 4.69) is 15.6 Å². The number of nitrogens with one attached hydrogen (secondary N) is 2. The van der Waals surface area contributed by atoms with Crippen LogP contribution in [0.3, 0.4) is 0 Å². The van der Waals surface area contributed by atoms with Gasteiger partial charge in [-0.1, -0.05) is 0 Å². The second-order valence-electron chi connectivity index (χ2n) is 6.51. The monoisotopic (exact) mass is 359 g/mol. The highest BCUT2D eigenvalue weighted by molar-refractivity contribution is 5.83. The molecule has 0 atom stereocenters. The number of ether oxygens (including phenoxy) is 3. The minimum atomic E-state index is -0.546. The molecular formula is C19H25N3O4. The van der Waals surface area contributed by atoms with Gasteiger partial charge in [-0.15, -0.1) is 0 Å². The summed E-state index contributed by atoms with van der Waals surface area (Å²) in [5, 5.41) is 5.79. The zero-order valence-electron chi connectivity index (χ0n) is 15.5. The molecule has 1 heterocycles. The molecule has 2 rings (SSSR count). The molecule has 0 aliphatic rings. The third kappa shape index (κ3) is 6.88. The van der Waals surface area contributed by atoms with E-state index < -0.39 is 11.7 Å². The molecule has 0 saturated carbocycles. The Hall–Kier alpha value is -2.96. The first-order valence-electron chi connectivity index (χ1n) is 8.32. The minimum absolute atomic E-state index is 0.430. The Labute approximate surface area is 153 Å². The van der Waals surface area contributed by atoms with E-state index in [1.807, 2.05) is 30.3 Å². The summed E-state index contributed by atoms with van der Waals surface area (Å²) in [6.07, 6.45) is 1.11. The molecule has 1 aromatic carbocycles. The van der Waals surface area contributed by atoms with Gasteiger partial charge < -0.3 is 19.5 Å². The number of aromatic nitrogens is 1. The van der Waals surface area contributed by atoms with Gasteiger partial charge >= 0.3 is 6.09 Å². The van der Waals surface area contributed by atoms with Gasteiger partial charge in [0.2, 0.25) is 0 Å². The molecule has 0 spiro atoms. The summed E-state index contributed by atoms with van der Waals surface area (Å²) in [6, 6.07) is 10.9. The largest absolute Gasteiger partial charge is 0.497 e. The highest BCUT2D eigenvalue weighted by Gasteiger charge is 2.16. The second kappa shape index (κ2) is 8.94. The molecule has 2 N–H and O–H groups in total. The summed E-state index contributed by atoms with van der Waals surface area (Å²) in [5.41, 5.74) is 0.285. The van der Waals surface area contributed by atoms with Gasteiger partial charge in [-0.05, 0) is 57.2 Å². The number of hydrogen-bond acceptors (Lipinski definition) is 6. The van der Waals surface area contributed by atoms with E-state index >= 15 is 0 Å². The first-order valence-corrected chi connectivity index (χ1v) is 8.32. The van der Waals surface area contributed by atoms with Crippen LogP contribution in [0.2, 0.25) is 0 Å². The van der Waals surface area contributed by atoms with E-state index in [0.29, 0.717) is 19.0 Å². The van der Waals surface area contributed by atoms with Gasteiger partial charge in [-0.3, -0.25) is 5.32 Å². The first-order chi connectivity index (χ1) is 12.4. The summed E-state index contributed by atoms with van der Waals surface area (Å²) >= 11 is 0. The lowest BCUT2D eigenvalue weighted by atomic mass is 10.2. The lowest BCUT2D eigenvalue weighted by Gasteiger charge is -2.19. The molecule has 0 fully saturated rings. The molecule has 0 bridgehead atoms. The summed E-state index contributed by atoms with van der Waals surface area (Å²) in [4.78, 5) is 15.9. The summed E-state index contributed by atoms with van der Waals surface area (Å²) in [7, 11) is 1.63. The second-order valence-corrected chi connectivity index (χ2v) is 6.51. The van der Waals surface area contributed by atoms with E-state index in [9.17, 15) is 4.79 Å². The van der Waals surface area contributed by atoms with Crippen molar-refractivity contribution < 1.29 is 19.0 Å². The van der Waals surface area contributed by atoms with E-state index in [0.717, 1.165) is 17.2 Å². The van der Waals surface area contributed by atoms with E-state index in [-0.39, 0.29) is 0 Å². The maximum atomic E-state index is 11.7. The van der Waals surface area contributed by atoms with Gasteiger partial charge in [0.15, 0.2) is 0 Å². The van der Waals surface area contributed by atoms with Crippen LogP contribution in [0, 0.1) is 0 Å². The molecule has 2 aromatic rings. The van der Waals surface area contributed by atoms with Crippen molar-refractivity contribution in [2.24, 2.45) is 0 Å². The van der Waals surface area contributed by atoms with Crippen LogP contribution in [0.1, 0.15) is 20.8 Å². The SMILES string of the molecule is COc1ccc(OCCNc2ccc(NC(=O)OC(C)(C)C)nc2)cc1. The Balaban J connectivity index is 1.72. The smallest absolute Gasteiger partial charge is 0.413 e. The molecule has 0 saturated heterocycles. The van der Waals surface area contributed by atoms with Gasteiger partial charge in [0, 0.05) is 6.54 Å². The van der Waals surface area contributed by atoms with Crippen molar-refractivity contribution in [1.29, 1.82) is 0 Å². The molecule has 7 heteroatoms. The Bertz CT molecular complexity index is 694. The number of anilines is 2. The van der Waals surface area contributed by atoms with Gasteiger partial charge in [0.05, 0.1) is 19.0 Å². The Morgan fingerprint density at radius 2 is 1.77 bits per heavy atom. The van der Waals surface area contributed by atoms with Crippen molar-refractivity contribution in [3.05, 3.63) is 42.6 Å². The van der Waals surface area contributed by atoms with Gasteiger partial charge in [0.25, 0.3) is 0 Å². The standard InChI is InChI=1S/C19H25N3O4/c1-19(2,3)26-18(23)22-17-10-5-14(13-21-17)20-11-12-25-16-8-6-15(24-4)7-9-16/h5-10,13,20H,11-12H2,1-4H3,(H,21,22,23). The zero-order valence-corrected chi connectivity index (χ0v) is 15.5. The number of carbonyl (C=O) groups excluding carboxylic acids is 1. The topological polar surface area (TPSA) is 81.7 Å². The van der Waals surface area contributed by atoms with Crippen molar-refractivity contribution in [3.63, 3.8) is 0 Å². The molecule has 0 radical (unpaired) electrons. The predicted octanol–water partition coefficient (Wildman–Crippen LogP) is 3.93. The molecule has 140 valence electrons. The summed E-state index contributed by atoms with van der Waals surface area (Å²) in [6.45, 7) is 6.54. The predicted molar refractivity (Wildman–Crippen MR) is 101 cm³/mol. The number of amides is 1. The van der Waals surface area contributed by atoms with Crippen molar-refractivity contribution in [2.45, 2.75) is 26.4 Å². The van der Waals surface area contributed by atoms with Crippen molar-refractivity contribution in [1.82, 2.24) is 4.98 Å². The number of pyridine rings is 1. The lowest BCUT2D eigenvalue weighted by molar-refractivity contribution is 0.0635. The highest BCUT2D eigenvalue weighted by atomic mass is 16.6. The number of methoxy groups -OCH3 is 1. The average molecular weight is 359 g/mol. The quantitative estimate of drug-likeness (QED) is 0.729. The molecule has 1 aromatic heterocycles. The number of rotatable bonds is 7. The maximum Gasteiger partial charge on any atom is 0.413 e. The molecule has 7 nitrogen and oxygen atoms in total. The van der Waals surface area contributed by atoms with Crippen LogP contribution >= 0.6 is 0 Å². The van der Waals surface area contributed by atoms with Crippen LogP contribution in [-0.2, 0) is 4.74 Å². The van der Waals surface area contributed by atoms with Crippen molar-refractivity contribution >= 4 is 17.6 Å². The van der Waals surface area contributed by atoms with Crippen LogP contribution < -0.4 is 20.1 Å². The molecule has 26 heavy (non-hydrogen) atoms. The van der Waals surface area contributed by atoms with E-state index in [1.165, 1.54) is 0 Å². The van der Waals surface area contributed by atoms with Gasteiger partial charge in [-0.25, -0.2) is 9.78 Å². The zero-order chi connectivity index (χ0) is 19.0. The molecular weight excluding hydrogens is 334 g/mol. The fourth-order valence-corrected chi connectivity index (χ4v) is 2.02. The Morgan fingerprint density at radius 3 is 2.35 bits per heavy atom. The number of carbonyl (C=O) groups is 1. The van der Waals surface area contributed by atoms with Crippen LogP contribution in [0.4, 0.5) is 16.3 Å².